The van der Waals surface area contributed by atoms with Crippen LogP contribution in [0.3, 0.4) is 0 Å². The normalized spacial score (nSPS) is 18.4. The van der Waals surface area contributed by atoms with Crippen LogP contribution in [0.5, 0.6) is 0 Å². The molecule has 4 heteroatoms. The van der Waals surface area contributed by atoms with Crippen LogP contribution in [-0.2, 0) is 11.2 Å². The average Bonchev–Trinajstić information content (AvgIpc) is 2.53. The van der Waals surface area contributed by atoms with Crippen molar-refractivity contribution in [2.24, 2.45) is 0 Å². The summed E-state index contributed by atoms with van der Waals surface area (Å²) < 4.78 is 0. The number of thioether (sulfide) groups is 1. The van der Waals surface area contributed by atoms with E-state index in [1.54, 1.807) is 0 Å². The zero-order valence-corrected chi connectivity index (χ0v) is 13.5. The lowest BCUT2D eigenvalue weighted by molar-refractivity contribution is -0.121. The van der Waals surface area contributed by atoms with Crippen LogP contribution >= 0.6 is 11.8 Å². The van der Waals surface area contributed by atoms with Gasteiger partial charge in [0.15, 0.2) is 0 Å². The van der Waals surface area contributed by atoms with Crippen molar-refractivity contribution in [2.75, 3.05) is 24.6 Å². The summed E-state index contributed by atoms with van der Waals surface area (Å²) in [7, 11) is 0. The van der Waals surface area contributed by atoms with E-state index in [1.807, 2.05) is 11.8 Å². The summed E-state index contributed by atoms with van der Waals surface area (Å²) in [5, 5.41) is 6.44. The van der Waals surface area contributed by atoms with Crippen molar-refractivity contribution in [2.45, 2.75) is 38.1 Å². The van der Waals surface area contributed by atoms with Gasteiger partial charge in [0, 0.05) is 37.1 Å². The molecule has 0 bridgehead atoms. The quantitative estimate of drug-likeness (QED) is 0.725. The smallest absolute Gasteiger partial charge is 0.221 e. The first-order valence-electron chi connectivity index (χ1n) is 7.96. The third kappa shape index (κ3) is 7.00. The van der Waals surface area contributed by atoms with Crippen molar-refractivity contribution in [1.82, 2.24) is 10.6 Å². The molecule has 116 valence electrons. The van der Waals surface area contributed by atoms with Gasteiger partial charge in [0.05, 0.1) is 0 Å². The summed E-state index contributed by atoms with van der Waals surface area (Å²) in [5.74, 6) is 2.42. The maximum Gasteiger partial charge on any atom is 0.221 e. The van der Waals surface area contributed by atoms with Gasteiger partial charge in [-0.25, -0.2) is 0 Å². The molecule has 21 heavy (non-hydrogen) atoms. The van der Waals surface area contributed by atoms with E-state index >= 15 is 0 Å². The summed E-state index contributed by atoms with van der Waals surface area (Å²) in [6.45, 7) is 1.84. The van der Waals surface area contributed by atoms with E-state index in [9.17, 15) is 4.79 Å². The number of carbonyl (C=O) groups excluding carboxylic acids is 1. The number of rotatable bonds is 8. The van der Waals surface area contributed by atoms with Gasteiger partial charge in [-0.3, -0.25) is 4.79 Å². The molecule has 0 spiro atoms. The maximum atomic E-state index is 11.8. The molecule has 0 saturated carbocycles. The molecule has 2 rings (SSSR count). The van der Waals surface area contributed by atoms with E-state index < -0.39 is 0 Å². The predicted molar refractivity (Wildman–Crippen MR) is 90.7 cm³/mol. The highest BCUT2D eigenvalue weighted by Crippen LogP contribution is 2.10. The first kappa shape index (κ1) is 16.4. The van der Waals surface area contributed by atoms with Crippen molar-refractivity contribution < 1.29 is 4.79 Å². The Kier molecular flexibility index (Phi) is 7.68. The van der Waals surface area contributed by atoms with Crippen molar-refractivity contribution >= 4 is 17.7 Å². The molecule has 0 aromatic heterocycles. The molecule has 0 radical (unpaired) electrons. The fourth-order valence-electron chi connectivity index (χ4n) is 2.55. The predicted octanol–water partition coefficient (Wildman–Crippen LogP) is 2.61. The van der Waals surface area contributed by atoms with Gasteiger partial charge in [0.2, 0.25) is 5.91 Å². The second-order valence-electron chi connectivity index (χ2n) is 5.58. The Morgan fingerprint density at radius 1 is 1.24 bits per heavy atom. The summed E-state index contributed by atoms with van der Waals surface area (Å²) in [6.07, 6.45) is 5.20. The standard InChI is InChI=1S/C17H26N2OS/c20-17(13-16-14-21-12-11-18-16)19-10-6-2-5-9-15-7-3-1-4-8-15/h1,3-4,7-8,16,18H,2,5-6,9-14H2,(H,19,20). The van der Waals surface area contributed by atoms with Crippen LogP contribution in [0.15, 0.2) is 30.3 Å². The molecule has 1 heterocycles. The molecule has 1 unspecified atom stereocenters. The van der Waals surface area contributed by atoms with Crippen LogP contribution in [0, 0.1) is 0 Å². The molecule has 1 saturated heterocycles. The SMILES string of the molecule is O=C(CC1CSCCN1)NCCCCCc1ccccc1. The molecule has 1 aromatic carbocycles. The number of nitrogens with one attached hydrogen (secondary N) is 2. The summed E-state index contributed by atoms with van der Waals surface area (Å²) in [6, 6.07) is 11.0. The Balaban J connectivity index is 1.46. The third-order valence-electron chi connectivity index (χ3n) is 3.74. The Morgan fingerprint density at radius 3 is 2.86 bits per heavy atom. The van der Waals surface area contributed by atoms with Crippen LogP contribution in [0.25, 0.3) is 0 Å². The lowest BCUT2D eigenvalue weighted by Gasteiger charge is -2.22. The first-order chi connectivity index (χ1) is 10.3. The highest BCUT2D eigenvalue weighted by molar-refractivity contribution is 7.99. The lowest BCUT2D eigenvalue weighted by Crippen LogP contribution is -2.41. The van der Waals surface area contributed by atoms with E-state index in [4.69, 9.17) is 0 Å². The van der Waals surface area contributed by atoms with Crippen molar-refractivity contribution in [1.29, 1.82) is 0 Å². The van der Waals surface area contributed by atoms with Gasteiger partial charge in [-0.2, -0.15) is 11.8 Å². The van der Waals surface area contributed by atoms with Gasteiger partial charge >= 0.3 is 0 Å². The van der Waals surface area contributed by atoms with Crippen LogP contribution < -0.4 is 10.6 Å². The van der Waals surface area contributed by atoms with E-state index in [2.05, 4.69) is 41.0 Å². The lowest BCUT2D eigenvalue weighted by atomic mass is 10.1. The summed E-state index contributed by atoms with van der Waals surface area (Å²) in [5.41, 5.74) is 1.41. The molecule has 0 aliphatic carbocycles. The molecular formula is C17H26N2OS. The third-order valence-corrected chi connectivity index (χ3v) is 4.87. The van der Waals surface area contributed by atoms with Crippen molar-refractivity contribution in [3.63, 3.8) is 0 Å². The zero-order valence-electron chi connectivity index (χ0n) is 12.6. The van der Waals surface area contributed by atoms with Gasteiger partial charge in [0.1, 0.15) is 0 Å². The van der Waals surface area contributed by atoms with Crippen LogP contribution in [0.2, 0.25) is 0 Å². The van der Waals surface area contributed by atoms with Crippen LogP contribution in [-0.4, -0.2) is 36.5 Å². The number of hydrogen-bond acceptors (Lipinski definition) is 3. The van der Waals surface area contributed by atoms with Gasteiger partial charge in [0.25, 0.3) is 0 Å². The van der Waals surface area contributed by atoms with Crippen molar-refractivity contribution in [3.8, 4) is 0 Å². The van der Waals surface area contributed by atoms with Gasteiger partial charge in [-0.1, -0.05) is 36.8 Å². The molecule has 1 aromatic rings. The maximum absolute atomic E-state index is 11.8. The second kappa shape index (κ2) is 9.85. The molecule has 3 nitrogen and oxygen atoms in total. The van der Waals surface area contributed by atoms with E-state index in [0.29, 0.717) is 12.5 Å². The van der Waals surface area contributed by atoms with Gasteiger partial charge in [-0.15, -0.1) is 0 Å². The highest BCUT2D eigenvalue weighted by Gasteiger charge is 2.15. The van der Waals surface area contributed by atoms with Crippen LogP contribution in [0.4, 0.5) is 0 Å². The minimum atomic E-state index is 0.193. The average molecular weight is 306 g/mol. The summed E-state index contributed by atoms with van der Waals surface area (Å²) >= 11 is 1.94. The van der Waals surface area contributed by atoms with Gasteiger partial charge < -0.3 is 10.6 Å². The molecule has 1 fully saturated rings. The van der Waals surface area contributed by atoms with E-state index in [1.165, 1.54) is 24.2 Å². The molecule has 1 amide bonds. The number of amides is 1. The van der Waals surface area contributed by atoms with E-state index in [-0.39, 0.29) is 5.91 Å². The second-order valence-corrected chi connectivity index (χ2v) is 6.73. The Labute approximate surface area is 132 Å². The number of hydrogen-bond donors (Lipinski definition) is 2. The number of unbranched alkanes of at least 4 members (excludes halogenated alkanes) is 2. The largest absolute Gasteiger partial charge is 0.356 e. The molecule has 2 N–H and O–H groups in total. The van der Waals surface area contributed by atoms with Crippen LogP contribution in [0.1, 0.15) is 31.2 Å². The fourth-order valence-corrected chi connectivity index (χ4v) is 3.50. The zero-order chi connectivity index (χ0) is 14.8. The molecule has 1 atom stereocenters. The topological polar surface area (TPSA) is 41.1 Å². The van der Waals surface area contributed by atoms with Gasteiger partial charge in [-0.05, 0) is 24.8 Å². The Bertz CT molecular complexity index is 405. The fraction of sp³-hybridized carbons (Fsp3) is 0.588. The number of benzene rings is 1. The Morgan fingerprint density at radius 2 is 2.10 bits per heavy atom. The number of aryl methyl sites for hydroxylation is 1. The molecule has 1 aliphatic rings. The minimum Gasteiger partial charge on any atom is -0.356 e. The monoisotopic (exact) mass is 306 g/mol. The molecule has 1 aliphatic heterocycles. The highest BCUT2D eigenvalue weighted by atomic mass is 32.2. The van der Waals surface area contributed by atoms with E-state index in [0.717, 1.165) is 31.7 Å². The Hall–Kier alpha value is -1.00. The summed E-state index contributed by atoms with van der Waals surface area (Å²) in [4.78, 5) is 11.8. The van der Waals surface area contributed by atoms with Crippen molar-refractivity contribution in [3.05, 3.63) is 35.9 Å². The molecular weight excluding hydrogens is 280 g/mol. The number of carbonyl (C=O) groups is 1. The first-order valence-corrected chi connectivity index (χ1v) is 9.12. The minimum absolute atomic E-state index is 0.193.